The number of hydrogen-bond donors (Lipinski definition) is 0. The monoisotopic (exact) mass is 412 g/mol. The third kappa shape index (κ3) is 4.92. The normalized spacial score (nSPS) is 10.9. The Hall–Kier alpha value is -2.93. The van der Waals surface area contributed by atoms with Gasteiger partial charge in [0.05, 0.1) is 0 Å². The lowest BCUT2D eigenvalue weighted by Crippen LogP contribution is -2.24. The highest BCUT2D eigenvalue weighted by Crippen LogP contribution is 2.17. The molecule has 0 atom stereocenters. The van der Waals surface area contributed by atoms with Crippen LogP contribution in [0, 0.1) is 20.8 Å². The summed E-state index contributed by atoms with van der Waals surface area (Å²) in [5.41, 5.74) is 4.36. The van der Waals surface area contributed by atoms with E-state index in [0.717, 1.165) is 35.7 Å². The van der Waals surface area contributed by atoms with Crippen molar-refractivity contribution in [1.82, 2.24) is 9.13 Å². The Morgan fingerprint density at radius 2 is 1.76 bits per heavy atom. The Bertz CT molecular complexity index is 1080. The van der Waals surface area contributed by atoms with Gasteiger partial charge in [-0.25, -0.2) is 0 Å². The van der Waals surface area contributed by atoms with Crippen molar-refractivity contribution >= 4 is 23.1 Å². The molecule has 6 nitrogen and oxygen atoms in total. The van der Waals surface area contributed by atoms with Crippen molar-refractivity contribution in [2.75, 3.05) is 6.61 Å². The number of hydrogen-bond acceptors (Lipinski definition) is 5. The van der Waals surface area contributed by atoms with Crippen LogP contribution in [0.25, 0.3) is 0 Å². The lowest BCUT2D eigenvalue weighted by Gasteiger charge is -2.10. The van der Waals surface area contributed by atoms with Gasteiger partial charge in [-0.05, 0) is 38.8 Å². The SMILES string of the molecule is Cc1cc(C(=O)COC(=O)Cn2c(C)csc2=O)c(C)n1CCc1ccccc1. The summed E-state index contributed by atoms with van der Waals surface area (Å²) in [6.45, 7) is 5.88. The maximum Gasteiger partial charge on any atom is 0.326 e. The van der Waals surface area contributed by atoms with Crippen LogP contribution in [0.5, 0.6) is 0 Å². The summed E-state index contributed by atoms with van der Waals surface area (Å²) in [5, 5.41) is 1.69. The minimum atomic E-state index is -0.597. The van der Waals surface area contributed by atoms with Gasteiger partial charge in [0.25, 0.3) is 0 Å². The summed E-state index contributed by atoms with van der Waals surface area (Å²) in [5.74, 6) is -0.841. The number of thiazole rings is 1. The smallest absolute Gasteiger partial charge is 0.326 e. The van der Waals surface area contributed by atoms with Crippen LogP contribution in [-0.2, 0) is 29.0 Å². The second-order valence-electron chi connectivity index (χ2n) is 6.99. The van der Waals surface area contributed by atoms with Gasteiger partial charge in [0.15, 0.2) is 6.61 Å². The van der Waals surface area contributed by atoms with Gasteiger partial charge >= 0.3 is 10.8 Å². The number of carbonyl (C=O) groups excluding carboxylic acids is 2. The van der Waals surface area contributed by atoms with E-state index in [1.54, 1.807) is 12.3 Å². The van der Waals surface area contributed by atoms with Crippen molar-refractivity contribution in [3.8, 4) is 0 Å². The van der Waals surface area contributed by atoms with E-state index in [9.17, 15) is 14.4 Å². The Kier molecular flexibility index (Phi) is 6.49. The van der Waals surface area contributed by atoms with Crippen molar-refractivity contribution in [3.05, 3.63) is 79.7 Å². The zero-order valence-corrected chi connectivity index (χ0v) is 17.6. The average molecular weight is 413 g/mol. The fourth-order valence-electron chi connectivity index (χ4n) is 3.31. The summed E-state index contributed by atoms with van der Waals surface area (Å²) in [6, 6.07) is 12.0. The zero-order valence-electron chi connectivity index (χ0n) is 16.8. The van der Waals surface area contributed by atoms with Crippen LogP contribution in [0.15, 0.2) is 46.6 Å². The molecule has 7 heteroatoms. The quantitative estimate of drug-likeness (QED) is 0.420. The summed E-state index contributed by atoms with van der Waals surface area (Å²) < 4.78 is 8.57. The molecule has 0 amide bonds. The van der Waals surface area contributed by atoms with E-state index in [2.05, 4.69) is 16.7 Å². The molecule has 0 spiro atoms. The Morgan fingerprint density at radius 3 is 2.41 bits per heavy atom. The van der Waals surface area contributed by atoms with Crippen molar-refractivity contribution in [2.45, 2.75) is 40.3 Å². The molecule has 0 saturated heterocycles. The molecular formula is C22H24N2O4S. The third-order valence-electron chi connectivity index (χ3n) is 4.97. The van der Waals surface area contributed by atoms with Crippen LogP contribution >= 0.6 is 11.3 Å². The van der Waals surface area contributed by atoms with E-state index in [-0.39, 0.29) is 23.8 Å². The highest BCUT2D eigenvalue weighted by molar-refractivity contribution is 7.07. The Labute approximate surface area is 173 Å². The van der Waals surface area contributed by atoms with Gasteiger partial charge in [0.1, 0.15) is 6.54 Å². The van der Waals surface area contributed by atoms with E-state index < -0.39 is 5.97 Å². The minimum Gasteiger partial charge on any atom is -0.456 e. The maximum atomic E-state index is 12.6. The summed E-state index contributed by atoms with van der Waals surface area (Å²) in [4.78, 5) is 36.1. The first kappa shape index (κ1) is 20.8. The van der Waals surface area contributed by atoms with Crippen LogP contribution in [0.4, 0.5) is 0 Å². The van der Waals surface area contributed by atoms with Crippen molar-refractivity contribution in [2.24, 2.45) is 0 Å². The molecule has 0 aliphatic heterocycles. The van der Waals surface area contributed by atoms with E-state index in [4.69, 9.17) is 4.74 Å². The molecule has 1 aromatic carbocycles. The molecule has 152 valence electrons. The van der Waals surface area contributed by atoms with Gasteiger partial charge in [-0.3, -0.25) is 19.0 Å². The number of carbonyl (C=O) groups is 2. The van der Waals surface area contributed by atoms with Crippen LogP contribution in [0.3, 0.4) is 0 Å². The number of aromatic nitrogens is 2. The molecule has 3 rings (SSSR count). The van der Waals surface area contributed by atoms with Crippen LogP contribution < -0.4 is 4.87 Å². The summed E-state index contributed by atoms with van der Waals surface area (Å²) in [7, 11) is 0. The number of aryl methyl sites for hydroxylation is 3. The molecule has 0 aliphatic carbocycles. The second-order valence-corrected chi connectivity index (χ2v) is 7.81. The predicted molar refractivity (Wildman–Crippen MR) is 113 cm³/mol. The highest BCUT2D eigenvalue weighted by atomic mass is 32.1. The molecular weight excluding hydrogens is 388 g/mol. The topological polar surface area (TPSA) is 70.3 Å². The Balaban J connectivity index is 1.61. The van der Waals surface area contributed by atoms with Crippen molar-refractivity contribution in [3.63, 3.8) is 0 Å². The van der Waals surface area contributed by atoms with Gasteiger partial charge < -0.3 is 9.30 Å². The standard InChI is InChI=1S/C22H24N2O4S/c1-15-11-19(17(3)23(15)10-9-18-7-5-4-6-8-18)20(25)13-28-21(26)12-24-16(2)14-29-22(24)27/h4-8,11,14H,9-10,12-13H2,1-3H3. The zero-order chi connectivity index (χ0) is 21.0. The molecule has 0 fully saturated rings. The molecule has 3 aromatic rings. The molecule has 0 N–H and O–H groups in total. The van der Waals surface area contributed by atoms with Crippen LogP contribution in [0.1, 0.15) is 33.0 Å². The molecule has 0 aliphatic rings. The van der Waals surface area contributed by atoms with Crippen molar-refractivity contribution < 1.29 is 14.3 Å². The molecule has 0 saturated carbocycles. The second kappa shape index (κ2) is 9.05. The summed E-state index contributed by atoms with van der Waals surface area (Å²) >= 11 is 1.03. The Morgan fingerprint density at radius 1 is 1.03 bits per heavy atom. The van der Waals surface area contributed by atoms with E-state index in [1.807, 2.05) is 38.1 Å². The van der Waals surface area contributed by atoms with E-state index in [1.165, 1.54) is 10.1 Å². The lowest BCUT2D eigenvalue weighted by molar-refractivity contribution is -0.143. The largest absolute Gasteiger partial charge is 0.456 e. The molecule has 2 aromatic heterocycles. The first-order valence-electron chi connectivity index (χ1n) is 9.41. The highest BCUT2D eigenvalue weighted by Gasteiger charge is 2.18. The number of esters is 1. The van der Waals surface area contributed by atoms with Crippen LogP contribution in [0.2, 0.25) is 0 Å². The van der Waals surface area contributed by atoms with Gasteiger partial charge in [0, 0.05) is 34.6 Å². The van der Waals surface area contributed by atoms with E-state index >= 15 is 0 Å². The molecule has 0 radical (unpaired) electrons. The van der Waals surface area contributed by atoms with Gasteiger partial charge in [-0.15, -0.1) is 0 Å². The number of rotatable bonds is 8. The predicted octanol–water partition coefficient (Wildman–Crippen LogP) is 3.31. The van der Waals surface area contributed by atoms with Crippen molar-refractivity contribution in [1.29, 1.82) is 0 Å². The fourth-order valence-corrected chi connectivity index (χ4v) is 4.04. The van der Waals surface area contributed by atoms with Gasteiger partial charge in [-0.1, -0.05) is 41.7 Å². The summed E-state index contributed by atoms with van der Waals surface area (Å²) in [6.07, 6.45) is 0.870. The van der Waals surface area contributed by atoms with Crippen LogP contribution in [-0.4, -0.2) is 27.5 Å². The lowest BCUT2D eigenvalue weighted by atomic mass is 10.1. The number of ether oxygens (including phenoxy) is 1. The van der Waals surface area contributed by atoms with E-state index in [0.29, 0.717) is 11.3 Å². The number of Topliss-reactive ketones (excluding diaryl/α,β-unsaturated/α-hetero) is 1. The first-order valence-corrected chi connectivity index (χ1v) is 10.3. The molecule has 29 heavy (non-hydrogen) atoms. The minimum absolute atomic E-state index is 0.183. The molecule has 0 bridgehead atoms. The maximum absolute atomic E-state index is 12.6. The van der Waals surface area contributed by atoms with Gasteiger partial charge in [0.2, 0.25) is 5.78 Å². The third-order valence-corrected chi connectivity index (χ3v) is 5.85. The fraction of sp³-hybridized carbons (Fsp3) is 0.318. The average Bonchev–Trinajstić information content (AvgIpc) is 3.18. The number of ketones is 1. The first-order chi connectivity index (χ1) is 13.9. The molecule has 2 heterocycles. The number of benzene rings is 1. The number of nitrogens with zero attached hydrogens (tertiary/aromatic N) is 2. The molecule has 0 unspecified atom stereocenters. The van der Waals surface area contributed by atoms with Gasteiger partial charge in [-0.2, -0.15) is 0 Å².